The Labute approximate surface area is 293 Å². The van der Waals surface area contributed by atoms with Crippen LogP contribution in [0.25, 0.3) is 98.1 Å². The molecule has 0 radical (unpaired) electrons. The van der Waals surface area contributed by atoms with Crippen molar-refractivity contribution in [2.45, 2.75) is 5.92 Å². The van der Waals surface area contributed by atoms with Gasteiger partial charge >= 0.3 is 0 Å². The maximum atomic E-state index is 5.61. The van der Waals surface area contributed by atoms with Crippen LogP contribution in [0, 0.1) is 0 Å². The van der Waals surface area contributed by atoms with Gasteiger partial charge in [-0.25, -0.2) is 9.97 Å². The Morgan fingerprint density at radius 2 is 0.941 bits per heavy atom. The van der Waals surface area contributed by atoms with Gasteiger partial charge in [0.2, 0.25) is 0 Å². The summed E-state index contributed by atoms with van der Waals surface area (Å²) in [5.41, 5.74) is 8.33. The van der Waals surface area contributed by atoms with Crippen molar-refractivity contribution in [1.82, 2.24) is 9.97 Å². The van der Waals surface area contributed by atoms with Gasteiger partial charge in [-0.2, -0.15) is 0 Å². The zero-order valence-electron chi connectivity index (χ0n) is 27.6. The standard InChI is InChI=1S/C49H28N2/c1-2-15-29-28(13-1)14-11-25-38(29)49-50-42-26-10-9-22-39(42)48(51-49)47-36-21-8-7-20-35(36)45-44-37-24-12-23-31-30-16-3-4-17-32(30)41(27-40(31)37)43(44)33-18-5-6-19-34(33)46(45)47/h1-27,47H. The number of hydrogen-bond acceptors (Lipinski definition) is 2. The number of benzene rings is 10. The summed E-state index contributed by atoms with van der Waals surface area (Å²) >= 11 is 0. The second-order valence-electron chi connectivity index (χ2n) is 14.0. The van der Waals surface area contributed by atoms with E-state index >= 15 is 0 Å². The topological polar surface area (TPSA) is 25.8 Å². The smallest absolute Gasteiger partial charge is 0.160 e. The average molecular weight is 645 g/mol. The summed E-state index contributed by atoms with van der Waals surface area (Å²) in [4.78, 5) is 10.8. The molecule has 1 heterocycles. The molecule has 1 aromatic heterocycles. The molecule has 1 aliphatic carbocycles. The molecule has 0 amide bonds. The van der Waals surface area contributed by atoms with Crippen LogP contribution >= 0.6 is 0 Å². The molecule has 0 saturated heterocycles. The van der Waals surface area contributed by atoms with E-state index in [-0.39, 0.29) is 5.92 Å². The first-order valence-corrected chi connectivity index (χ1v) is 17.7. The third-order valence-electron chi connectivity index (χ3n) is 11.5. The van der Waals surface area contributed by atoms with Crippen LogP contribution in [-0.2, 0) is 0 Å². The second-order valence-corrected chi connectivity index (χ2v) is 14.0. The molecule has 0 saturated carbocycles. The first-order chi connectivity index (χ1) is 25.3. The summed E-state index contributed by atoms with van der Waals surface area (Å²) < 4.78 is 0. The lowest BCUT2D eigenvalue weighted by molar-refractivity contribution is 0.961. The Balaban J connectivity index is 1.28. The molecule has 2 bridgehead atoms. The van der Waals surface area contributed by atoms with Gasteiger partial charge in [-0.15, -0.1) is 0 Å². The number of aromatic nitrogens is 2. The largest absolute Gasteiger partial charge is 0.231 e. The van der Waals surface area contributed by atoms with Gasteiger partial charge in [-0.1, -0.05) is 152 Å². The van der Waals surface area contributed by atoms with Gasteiger partial charge in [0.25, 0.3) is 0 Å². The molecule has 12 rings (SSSR count). The number of rotatable bonds is 2. The molecule has 11 aromatic rings. The van der Waals surface area contributed by atoms with E-state index in [1.54, 1.807) is 0 Å². The fraction of sp³-hybridized carbons (Fsp3) is 0.0204. The van der Waals surface area contributed by atoms with Crippen LogP contribution in [0.3, 0.4) is 0 Å². The quantitative estimate of drug-likeness (QED) is 0.175. The maximum Gasteiger partial charge on any atom is 0.160 e. The lowest BCUT2D eigenvalue weighted by Crippen LogP contribution is -2.07. The fourth-order valence-corrected chi connectivity index (χ4v) is 9.43. The molecule has 234 valence electrons. The molecule has 0 aliphatic heterocycles. The second kappa shape index (κ2) is 9.97. The van der Waals surface area contributed by atoms with E-state index in [4.69, 9.17) is 9.97 Å². The molecule has 0 N–H and O–H groups in total. The highest BCUT2D eigenvalue weighted by atomic mass is 14.9. The Kier molecular flexibility index (Phi) is 5.32. The molecule has 1 atom stereocenters. The number of para-hydroxylation sites is 1. The molecule has 1 unspecified atom stereocenters. The highest BCUT2D eigenvalue weighted by molar-refractivity contribution is 6.38. The van der Waals surface area contributed by atoms with Gasteiger partial charge in [-0.05, 0) is 99.0 Å². The van der Waals surface area contributed by atoms with Crippen LogP contribution in [0.2, 0.25) is 0 Å². The van der Waals surface area contributed by atoms with Gasteiger partial charge in [0.1, 0.15) is 0 Å². The van der Waals surface area contributed by atoms with Crippen molar-refractivity contribution < 1.29 is 0 Å². The van der Waals surface area contributed by atoms with Crippen LogP contribution in [0.15, 0.2) is 164 Å². The molecule has 2 nitrogen and oxygen atoms in total. The lowest BCUT2D eigenvalue weighted by Gasteiger charge is -2.22. The van der Waals surface area contributed by atoms with Crippen LogP contribution in [0.1, 0.15) is 22.7 Å². The summed E-state index contributed by atoms with van der Waals surface area (Å²) in [6, 6.07) is 59.9. The van der Waals surface area contributed by atoms with Crippen molar-refractivity contribution in [3.8, 4) is 22.5 Å². The molecular weight excluding hydrogens is 617 g/mol. The molecule has 51 heavy (non-hydrogen) atoms. The minimum Gasteiger partial charge on any atom is -0.231 e. The van der Waals surface area contributed by atoms with Gasteiger partial charge in [0, 0.05) is 10.9 Å². The molecule has 0 spiro atoms. The van der Waals surface area contributed by atoms with E-state index < -0.39 is 0 Å². The first-order valence-electron chi connectivity index (χ1n) is 17.7. The van der Waals surface area contributed by atoms with E-state index in [2.05, 4.69) is 164 Å². The zero-order chi connectivity index (χ0) is 33.2. The van der Waals surface area contributed by atoms with Crippen LogP contribution < -0.4 is 0 Å². The zero-order valence-corrected chi connectivity index (χ0v) is 27.6. The van der Waals surface area contributed by atoms with Crippen molar-refractivity contribution >= 4 is 75.5 Å². The minimum atomic E-state index is -0.0794. The first kappa shape index (κ1) is 27.2. The van der Waals surface area contributed by atoms with Gasteiger partial charge in [0.05, 0.1) is 17.1 Å². The summed E-state index contributed by atoms with van der Waals surface area (Å²) in [6.45, 7) is 0. The Morgan fingerprint density at radius 3 is 1.82 bits per heavy atom. The maximum absolute atomic E-state index is 5.61. The van der Waals surface area contributed by atoms with Crippen LogP contribution in [0.4, 0.5) is 0 Å². The van der Waals surface area contributed by atoms with Crippen molar-refractivity contribution in [1.29, 1.82) is 0 Å². The van der Waals surface area contributed by atoms with Crippen LogP contribution in [0.5, 0.6) is 0 Å². The van der Waals surface area contributed by atoms with Crippen molar-refractivity contribution in [3.63, 3.8) is 0 Å². The van der Waals surface area contributed by atoms with Gasteiger partial charge in [-0.3, -0.25) is 0 Å². The summed E-state index contributed by atoms with van der Waals surface area (Å²) in [5, 5.41) is 16.6. The van der Waals surface area contributed by atoms with E-state index in [1.165, 1.54) is 81.5 Å². The molecular formula is C49H28N2. The van der Waals surface area contributed by atoms with E-state index in [0.29, 0.717) is 0 Å². The summed E-state index contributed by atoms with van der Waals surface area (Å²) in [5.74, 6) is 0.684. The third-order valence-corrected chi connectivity index (χ3v) is 11.5. The van der Waals surface area contributed by atoms with Crippen molar-refractivity contribution in [2.75, 3.05) is 0 Å². The fourth-order valence-electron chi connectivity index (χ4n) is 9.43. The highest BCUT2D eigenvalue weighted by Crippen LogP contribution is 2.57. The molecule has 0 fully saturated rings. The predicted octanol–water partition coefficient (Wildman–Crippen LogP) is 12.8. The number of fused-ring (bicyclic) bond motifs is 16. The summed E-state index contributed by atoms with van der Waals surface area (Å²) in [6.07, 6.45) is 0. The third kappa shape index (κ3) is 3.56. The normalized spacial score (nSPS) is 14.1. The Morgan fingerprint density at radius 1 is 0.373 bits per heavy atom. The average Bonchev–Trinajstić information content (AvgIpc) is 3.55. The lowest BCUT2D eigenvalue weighted by atomic mass is 9.81. The van der Waals surface area contributed by atoms with E-state index in [1.807, 2.05) is 0 Å². The summed E-state index contributed by atoms with van der Waals surface area (Å²) in [7, 11) is 0. The molecule has 1 aliphatic rings. The number of nitrogens with zero attached hydrogens (tertiary/aromatic N) is 2. The molecule has 2 heteroatoms. The monoisotopic (exact) mass is 644 g/mol. The minimum absolute atomic E-state index is 0.0794. The van der Waals surface area contributed by atoms with Crippen molar-refractivity contribution in [3.05, 3.63) is 181 Å². The SMILES string of the molecule is c1ccc2c(c1)-c1c(c3ccccc3c3c4cc5c(cccc5c13)c1ccccc14)C2c1nc(-c2cccc3ccccc23)nc2ccccc12. The van der Waals surface area contributed by atoms with E-state index in [9.17, 15) is 0 Å². The Hall–Kier alpha value is -6.64. The van der Waals surface area contributed by atoms with Crippen molar-refractivity contribution in [2.24, 2.45) is 0 Å². The number of hydrogen-bond donors (Lipinski definition) is 0. The van der Waals surface area contributed by atoms with E-state index in [0.717, 1.165) is 33.4 Å². The Bertz CT molecular complexity index is 3260. The van der Waals surface area contributed by atoms with Gasteiger partial charge < -0.3 is 0 Å². The van der Waals surface area contributed by atoms with Gasteiger partial charge in [0.15, 0.2) is 5.82 Å². The van der Waals surface area contributed by atoms with Crippen LogP contribution in [-0.4, -0.2) is 9.97 Å². The molecule has 10 aromatic carbocycles. The predicted molar refractivity (Wildman–Crippen MR) is 214 cm³/mol. The highest BCUT2D eigenvalue weighted by Gasteiger charge is 2.36.